The van der Waals surface area contributed by atoms with Crippen LogP contribution in [0.1, 0.15) is 0 Å². The lowest BCUT2D eigenvalue weighted by Crippen LogP contribution is -2.46. The van der Waals surface area contributed by atoms with Crippen LogP contribution >= 0.6 is 0 Å². The molecule has 1 aromatic carbocycles. The fraction of sp³-hybridized carbons (Fsp3) is 0.125. The van der Waals surface area contributed by atoms with Crippen molar-refractivity contribution in [3.8, 4) is 0 Å². The molecule has 1 aromatic rings. The molecule has 0 unspecified atom stereocenters. The summed E-state index contributed by atoms with van der Waals surface area (Å²) in [6, 6.07) is 6.59. The van der Waals surface area contributed by atoms with E-state index in [1.165, 1.54) is 19.2 Å². The minimum atomic E-state index is -3.95. The molecule has 0 radical (unpaired) electrons. The van der Waals surface area contributed by atoms with E-state index in [1.54, 1.807) is 18.2 Å². The first-order chi connectivity index (χ1) is 7.00. The predicted octanol–water partition coefficient (Wildman–Crippen LogP) is -0.110. The number of benzene rings is 1. The summed E-state index contributed by atoms with van der Waals surface area (Å²) >= 11 is 0. The lowest BCUT2D eigenvalue weighted by molar-refractivity contribution is 0.226. The normalized spacial score (nSPS) is 10.8. The number of amides is 2. The Morgan fingerprint density at radius 2 is 1.87 bits per heavy atom. The highest BCUT2D eigenvalue weighted by Gasteiger charge is 2.25. The van der Waals surface area contributed by atoms with Crippen molar-refractivity contribution in [1.82, 2.24) is 9.73 Å². The minimum Gasteiger partial charge on any atom is -0.339 e. The van der Waals surface area contributed by atoms with Crippen LogP contribution in [-0.2, 0) is 10.0 Å². The van der Waals surface area contributed by atoms with Crippen LogP contribution in [0.2, 0.25) is 0 Å². The Kier molecular flexibility index (Phi) is 3.28. The fourth-order valence-corrected chi connectivity index (χ4v) is 1.96. The van der Waals surface area contributed by atoms with Crippen molar-refractivity contribution in [2.45, 2.75) is 4.90 Å². The van der Waals surface area contributed by atoms with Crippen LogP contribution in [0.4, 0.5) is 4.79 Å². The molecule has 0 heterocycles. The number of nitrogens with two attached hydrogens (primary N) is 1. The van der Waals surface area contributed by atoms with Crippen LogP contribution in [0.5, 0.6) is 0 Å². The standard InChI is InChI=1S/C8H11N3O3S/c1-10-8(12)11(9)15(13,14)7-5-3-2-4-6-7/h2-6H,9H2,1H3,(H,10,12). The Morgan fingerprint density at radius 3 is 2.33 bits per heavy atom. The summed E-state index contributed by atoms with van der Waals surface area (Å²) in [7, 11) is -2.66. The zero-order chi connectivity index (χ0) is 11.5. The number of sulfonamides is 1. The van der Waals surface area contributed by atoms with Gasteiger partial charge in [0.1, 0.15) is 0 Å². The van der Waals surface area contributed by atoms with Crippen LogP contribution in [0.15, 0.2) is 35.2 Å². The third-order valence-corrected chi connectivity index (χ3v) is 3.27. The van der Waals surface area contributed by atoms with E-state index in [2.05, 4.69) is 5.32 Å². The Balaban J connectivity index is 3.09. The monoisotopic (exact) mass is 229 g/mol. The summed E-state index contributed by atoms with van der Waals surface area (Å²) in [5.41, 5.74) is 0. The van der Waals surface area contributed by atoms with Crippen molar-refractivity contribution in [1.29, 1.82) is 0 Å². The van der Waals surface area contributed by atoms with Crippen molar-refractivity contribution in [2.24, 2.45) is 5.84 Å². The molecule has 0 saturated heterocycles. The van der Waals surface area contributed by atoms with E-state index in [4.69, 9.17) is 5.84 Å². The minimum absolute atomic E-state index is 0.0314. The van der Waals surface area contributed by atoms with Crippen LogP contribution in [-0.4, -0.2) is 25.9 Å². The van der Waals surface area contributed by atoms with E-state index in [1.807, 2.05) is 0 Å². The Bertz CT molecular complexity index is 443. The molecule has 3 N–H and O–H groups in total. The van der Waals surface area contributed by atoms with Gasteiger partial charge in [0.25, 0.3) is 10.0 Å². The number of hydrazine groups is 1. The number of hydrogen-bond donors (Lipinski definition) is 2. The average molecular weight is 229 g/mol. The number of rotatable bonds is 2. The van der Waals surface area contributed by atoms with Crippen molar-refractivity contribution in [3.63, 3.8) is 0 Å². The molecule has 0 spiro atoms. The molecule has 0 fully saturated rings. The van der Waals surface area contributed by atoms with Gasteiger partial charge in [0.15, 0.2) is 0 Å². The summed E-state index contributed by atoms with van der Waals surface area (Å²) in [5.74, 6) is 5.17. The number of carbonyl (C=O) groups is 1. The highest BCUT2D eigenvalue weighted by Crippen LogP contribution is 2.11. The molecular formula is C8H11N3O3S. The lowest BCUT2D eigenvalue weighted by Gasteiger charge is -2.15. The van der Waals surface area contributed by atoms with E-state index in [0.717, 1.165) is 0 Å². The Hall–Kier alpha value is -1.60. The zero-order valence-electron chi connectivity index (χ0n) is 8.04. The van der Waals surface area contributed by atoms with Gasteiger partial charge in [0.2, 0.25) is 0 Å². The van der Waals surface area contributed by atoms with Gasteiger partial charge in [-0.3, -0.25) is 0 Å². The molecule has 0 saturated carbocycles. The second kappa shape index (κ2) is 4.28. The largest absolute Gasteiger partial charge is 0.345 e. The van der Waals surface area contributed by atoms with Crippen molar-refractivity contribution in [2.75, 3.05) is 7.05 Å². The van der Waals surface area contributed by atoms with Crippen molar-refractivity contribution < 1.29 is 13.2 Å². The summed E-state index contributed by atoms with van der Waals surface area (Å²) < 4.78 is 23.5. The van der Waals surface area contributed by atoms with Gasteiger partial charge in [-0.25, -0.2) is 10.6 Å². The van der Waals surface area contributed by atoms with Gasteiger partial charge in [-0.2, -0.15) is 8.42 Å². The zero-order valence-corrected chi connectivity index (χ0v) is 8.86. The highest BCUT2D eigenvalue weighted by atomic mass is 32.2. The molecule has 0 aromatic heterocycles. The van der Waals surface area contributed by atoms with Crippen LogP contribution < -0.4 is 11.2 Å². The van der Waals surface area contributed by atoms with Crippen molar-refractivity contribution in [3.05, 3.63) is 30.3 Å². The quantitative estimate of drug-likeness (QED) is 0.420. The van der Waals surface area contributed by atoms with Gasteiger partial charge in [-0.05, 0) is 12.1 Å². The molecular weight excluding hydrogens is 218 g/mol. The first-order valence-electron chi connectivity index (χ1n) is 4.07. The predicted molar refractivity (Wildman–Crippen MR) is 54.1 cm³/mol. The molecule has 0 aliphatic carbocycles. The molecule has 15 heavy (non-hydrogen) atoms. The molecule has 1 rings (SSSR count). The van der Waals surface area contributed by atoms with Gasteiger partial charge in [0.05, 0.1) is 4.90 Å². The van der Waals surface area contributed by atoms with Crippen LogP contribution in [0, 0.1) is 0 Å². The maximum Gasteiger partial charge on any atom is 0.345 e. The fourth-order valence-electron chi connectivity index (χ4n) is 0.925. The molecule has 0 bridgehead atoms. The number of urea groups is 1. The van der Waals surface area contributed by atoms with Gasteiger partial charge >= 0.3 is 6.03 Å². The van der Waals surface area contributed by atoms with Crippen LogP contribution in [0.25, 0.3) is 0 Å². The average Bonchev–Trinajstić information content (AvgIpc) is 2.28. The first kappa shape index (κ1) is 11.5. The molecule has 6 nitrogen and oxygen atoms in total. The SMILES string of the molecule is CNC(=O)N(N)S(=O)(=O)c1ccccc1. The number of nitrogens with one attached hydrogen (secondary N) is 1. The highest BCUT2D eigenvalue weighted by molar-refractivity contribution is 7.89. The smallest absolute Gasteiger partial charge is 0.339 e. The van der Waals surface area contributed by atoms with Gasteiger partial charge in [0, 0.05) is 7.05 Å². The first-order valence-corrected chi connectivity index (χ1v) is 5.51. The third-order valence-electron chi connectivity index (χ3n) is 1.71. The van der Waals surface area contributed by atoms with Crippen LogP contribution in [0.3, 0.4) is 0 Å². The lowest BCUT2D eigenvalue weighted by atomic mass is 10.4. The number of nitrogens with zero attached hydrogens (tertiary/aromatic N) is 1. The van der Waals surface area contributed by atoms with Crippen molar-refractivity contribution >= 4 is 16.1 Å². The van der Waals surface area contributed by atoms with E-state index in [9.17, 15) is 13.2 Å². The second-order valence-corrected chi connectivity index (χ2v) is 4.48. The van der Waals surface area contributed by atoms with Gasteiger partial charge in [-0.15, -0.1) is 4.41 Å². The maximum atomic E-state index is 11.7. The Morgan fingerprint density at radius 1 is 1.33 bits per heavy atom. The summed E-state index contributed by atoms with van der Waals surface area (Å²) in [4.78, 5) is 11.0. The van der Waals surface area contributed by atoms with E-state index < -0.39 is 16.1 Å². The molecule has 2 amide bonds. The topological polar surface area (TPSA) is 92.5 Å². The summed E-state index contributed by atoms with van der Waals surface area (Å²) in [5, 5.41) is 2.12. The molecule has 0 aliphatic rings. The third kappa shape index (κ3) is 2.25. The number of carbonyl (C=O) groups excluding carboxylic acids is 1. The molecule has 7 heteroatoms. The molecule has 0 atom stereocenters. The summed E-state index contributed by atoms with van der Waals surface area (Å²) in [6.07, 6.45) is 0. The summed E-state index contributed by atoms with van der Waals surface area (Å²) in [6.45, 7) is 0. The van der Waals surface area contributed by atoms with Gasteiger partial charge < -0.3 is 5.32 Å². The van der Waals surface area contributed by atoms with Gasteiger partial charge in [-0.1, -0.05) is 18.2 Å². The molecule has 0 aliphatic heterocycles. The second-order valence-electron chi connectivity index (χ2n) is 2.67. The van der Waals surface area contributed by atoms with E-state index >= 15 is 0 Å². The van der Waals surface area contributed by atoms with E-state index in [-0.39, 0.29) is 9.31 Å². The van der Waals surface area contributed by atoms with E-state index in [0.29, 0.717) is 0 Å². The Labute approximate surface area is 87.7 Å². The number of hydrogen-bond acceptors (Lipinski definition) is 4. The maximum absolute atomic E-state index is 11.7. The molecule has 82 valence electrons.